The van der Waals surface area contributed by atoms with E-state index in [2.05, 4.69) is 5.32 Å². The minimum atomic E-state index is -1.51. The van der Waals surface area contributed by atoms with E-state index >= 15 is 0 Å². The van der Waals surface area contributed by atoms with Crippen LogP contribution < -0.4 is 5.32 Å². The van der Waals surface area contributed by atoms with E-state index in [-0.39, 0.29) is 5.75 Å². The lowest BCUT2D eigenvalue weighted by Crippen LogP contribution is -2.50. The first-order chi connectivity index (χ1) is 7.47. The fraction of sp³-hybridized carbons (Fsp3) is 0.875. The minimum absolute atomic E-state index is 0.277. The van der Waals surface area contributed by atoms with Gasteiger partial charge in [-0.2, -0.15) is 0 Å². The van der Waals surface area contributed by atoms with Gasteiger partial charge in [0.1, 0.15) is 24.4 Å². The van der Waals surface area contributed by atoms with E-state index in [1.165, 1.54) is 0 Å². The van der Waals surface area contributed by atoms with Gasteiger partial charge in [0.15, 0.2) is 0 Å². The molecule has 6 N–H and O–H groups in total. The van der Waals surface area contributed by atoms with Crippen LogP contribution in [0, 0.1) is 0 Å². The van der Waals surface area contributed by atoms with Crippen molar-refractivity contribution in [1.29, 1.82) is 0 Å². The molecule has 0 saturated carbocycles. The van der Waals surface area contributed by atoms with Crippen molar-refractivity contribution in [3.8, 4) is 0 Å². The predicted octanol–water partition coefficient (Wildman–Crippen LogP) is -2.82. The van der Waals surface area contributed by atoms with E-state index in [9.17, 15) is 15.0 Å². The van der Waals surface area contributed by atoms with Gasteiger partial charge in [-0.15, -0.1) is 11.8 Å². The summed E-state index contributed by atoms with van der Waals surface area (Å²) < 4.78 is 0. The maximum Gasteiger partial charge on any atom is 0.321 e. The van der Waals surface area contributed by atoms with E-state index in [0.717, 1.165) is 11.8 Å². The molecule has 1 rings (SSSR count). The summed E-state index contributed by atoms with van der Waals surface area (Å²) in [6.07, 6.45) is -4.29. The Bertz CT molecular complexity index is 253. The monoisotopic (exact) mass is 253 g/mol. The van der Waals surface area contributed by atoms with Crippen LogP contribution in [0.2, 0.25) is 0 Å². The lowest BCUT2D eigenvalue weighted by atomic mass is 10.1. The Morgan fingerprint density at radius 3 is 2.50 bits per heavy atom. The molecule has 94 valence electrons. The van der Waals surface area contributed by atoms with Crippen LogP contribution in [0.3, 0.4) is 0 Å². The van der Waals surface area contributed by atoms with Crippen LogP contribution in [0.25, 0.3) is 0 Å². The predicted molar refractivity (Wildman–Crippen MR) is 55.9 cm³/mol. The lowest BCUT2D eigenvalue weighted by Gasteiger charge is -2.25. The topological polar surface area (TPSA) is 130 Å². The van der Waals surface area contributed by atoms with Gasteiger partial charge >= 0.3 is 5.97 Å². The molecule has 5 atom stereocenters. The molecule has 16 heavy (non-hydrogen) atoms. The highest BCUT2D eigenvalue weighted by atomic mass is 32.2. The third-order valence-electron chi connectivity index (χ3n) is 2.35. The minimum Gasteiger partial charge on any atom is -0.480 e. The van der Waals surface area contributed by atoms with Crippen molar-refractivity contribution in [2.45, 2.75) is 29.7 Å². The van der Waals surface area contributed by atoms with Gasteiger partial charge < -0.3 is 25.5 Å². The summed E-state index contributed by atoms with van der Waals surface area (Å²) in [4.78, 5) is 10.6. The number of rotatable bonds is 5. The fourth-order valence-electron chi connectivity index (χ4n) is 1.35. The highest BCUT2D eigenvalue weighted by Gasteiger charge is 2.38. The summed E-state index contributed by atoms with van der Waals surface area (Å²) in [5.41, 5.74) is 0. The van der Waals surface area contributed by atoms with Gasteiger partial charge in [-0.1, -0.05) is 0 Å². The molecule has 0 amide bonds. The fourth-order valence-corrected chi connectivity index (χ4v) is 2.61. The first-order valence-corrected chi connectivity index (χ1v) is 5.77. The molecule has 0 aromatic carbocycles. The summed E-state index contributed by atoms with van der Waals surface area (Å²) in [5, 5.41) is 47.4. The Labute approximate surface area is 96.1 Å². The summed E-state index contributed by atoms with van der Waals surface area (Å²) in [6, 6.07) is -0.775. The molecule has 0 aromatic heterocycles. The number of carbonyl (C=O) groups is 1. The van der Waals surface area contributed by atoms with E-state index in [1.54, 1.807) is 0 Å². The molecule has 0 bridgehead atoms. The number of hydrogen-bond acceptors (Lipinski definition) is 7. The van der Waals surface area contributed by atoms with Crippen molar-refractivity contribution in [3.63, 3.8) is 0 Å². The number of hydrogen-bond donors (Lipinski definition) is 6. The molecule has 1 saturated heterocycles. The van der Waals surface area contributed by atoms with Gasteiger partial charge in [-0.3, -0.25) is 10.1 Å². The second kappa shape index (κ2) is 5.80. The number of aliphatic carboxylic acids is 1. The Morgan fingerprint density at radius 1 is 1.44 bits per heavy atom. The van der Waals surface area contributed by atoms with Crippen LogP contribution >= 0.6 is 11.8 Å². The molecule has 0 aliphatic carbocycles. The molecular formula is C8H15NO6S. The zero-order chi connectivity index (χ0) is 12.3. The van der Waals surface area contributed by atoms with Crippen molar-refractivity contribution >= 4 is 17.7 Å². The Kier molecular flexibility index (Phi) is 4.96. The summed E-state index contributed by atoms with van der Waals surface area (Å²) >= 11 is 1.15. The van der Waals surface area contributed by atoms with Crippen LogP contribution in [-0.2, 0) is 4.79 Å². The molecule has 1 heterocycles. The highest BCUT2D eigenvalue weighted by molar-refractivity contribution is 8.00. The Morgan fingerprint density at radius 2 is 2.06 bits per heavy atom. The van der Waals surface area contributed by atoms with Crippen LogP contribution in [0.15, 0.2) is 0 Å². The first kappa shape index (κ1) is 13.7. The highest BCUT2D eigenvalue weighted by Crippen LogP contribution is 2.24. The first-order valence-electron chi connectivity index (χ1n) is 4.73. The number of aliphatic hydroxyl groups is 4. The molecule has 1 fully saturated rings. The van der Waals surface area contributed by atoms with Crippen molar-refractivity contribution in [3.05, 3.63) is 0 Å². The SMILES string of the molecule is O=C(O)[C@@H]1CS[C@H]([C@@H](O)[C@H](O)[C@@H](O)CO)N1. The molecular weight excluding hydrogens is 238 g/mol. The van der Waals surface area contributed by atoms with E-state index in [4.69, 9.17) is 15.3 Å². The van der Waals surface area contributed by atoms with Gasteiger partial charge in [0.05, 0.1) is 12.0 Å². The third-order valence-corrected chi connectivity index (χ3v) is 3.65. The zero-order valence-electron chi connectivity index (χ0n) is 8.35. The maximum atomic E-state index is 10.6. The average molecular weight is 253 g/mol. The van der Waals surface area contributed by atoms with E-state index < -0.39 is 42.3 Å². The van der Waals surface area contributed by atoms with E-state index in [1.807, 2.05) is 0 Å². The summed E-state index contributed by atoms with van der Waals surface area (Å²) in [6.45, 7) is -0.669. The molecule has 7 nitrogen and oxygen atoms in total. The number of carboxylic acids is 1. The standard InChI is InChI=1S/C8H15NO6S/c10-1-4(11)5(12)6(13)7-9-3(2-16-7)8(14)15/h3-7,9-13H,1-2H2,(H,14,15)/t3-,4-,5+,6-,7+/m0/s1. The van der Waals surface area contributed by atoms with Gasteiger partial charge in [-0.05, 0) is 0 Å². The molecule has 1 aliphatic rings. The van der Waals surface area contributed by atoms with Gasteiger partial charge in [0.2, 0.25) is 0 Å². The molecule has 0 spiro atoms. The van der Waals surface area contributed by atoms with Gasteiger partial charge in [0.25, 0.3) is 0 Å². The van der Waals surface area contributed by atoms with Crippen LogP contribution in [0.5, 0.6) is 0 Å². The molecule has 1 aliphatic heterocycles. The molecule has 0 radical (unpaired) electrons. The van der Waals surface area contributed by atoms with Crippen molar-refractivity contribution < 1.29 is 30.3 Å². The van der Waals surface area contributed by atoms with Crippen LogP contribution in [0.4, 0.5) is 0 Å². The van der Waals surface area contributed by atoms with Crippen LogP contribution in [-0.4, -0.2) is 73.6 Å². The quantitative estimate of drug-likeness (QED) is 0.309. The molecule has 0 unspecified atom stereocenters. The third kappa shape index (κ3) is 3.06. The number of aliphatic hydroxyl groups excluding tert-OH is 4. The summed E-state index contributed by atoms with van der Waals surface area (Å²) in [7, 11) is 0. The van der Waals surface area contributed by atoms with Crippen molar-refractivity contribution in [2.24, 2.45) is 0 Å². The lowest BCUT2D eigenvalue weighted by molar-refractivity contribution is -0.139. The molecule has 0 aromatic rings. The zero-order valence-corrected chi connectivity index (χ0v) is 9.17. The normalized spacial score (nSPS) is 31.0. The smallest absolute Gasteiger partial charge is 0.321 e. The van der Waals surface area contributed by atoms with Crippen molar-refractivity contribution in [1.82, 2.24) is 5.32 Å². The van der Waals surface area contributed by atoms with Crippen molar-refractivity contribution in [2.75, 3.05) is 12.4 Å². The van der Waals surface area contributed by atoms with E-state index in [0.29, 0.717) is 0 Å². The molecule has 8 heteroatoms. The Balaban J connectivity index is 2.50. The largest absolute Gasteiger partial charge is 0.480 e. The summed E-state index contributed by atoms with van der Waals surface area (Å²) in [5.74, 6) is -0.752. The van der Waals surface area contributed by atoms with Crippen LogP contribution in [0.1, 0.15) is 0 Å². The number of thioether (sulfide) groups is 1. The second-order valence-corrected chi connectivity index (χ2v) is 4.72. The number of carboxylic acid groups (broad SMARTS) is 1. The van der Waals surface area contributed by atoms with Gasteiger partial charge in [-0.25, -0.2) is 0 Å². The number of nitrogens with one attached hydrogen (secondary N) is 1. The second-order valence-electron chi connectivity index (χ2n) is 3.54. The Hall–Kier alpha value is -0.380. The van der Waals surface area contributed by atoms with Gasteiger partial charge in [0, 0.05) is 5.75 Å². The maximum absolute atomic E-state index is 10.6. The average Bonchev–Trinajstić information content (AvgIpc) is 2.75.